The van der Waals surface area contributed by atoms with E-state index in [9.17, 15) is 4.39 Å². The van der Waals surface area contributed by atoms with Crippen molar-refractivity contribution in [2.45, 2.75) is 36.6 Å². The van der Waals surface area contributed by atoms with E-state index in [1.807, 2.05) is 12.1 Å². The Labute approximate surface area is 124 Å². The van der Waals surface area contributed by atoms with Gasteiger partial charge in [-0.1, -0.05) is 36.9 Å². The lowest BCUT2D eigenvalue weighted by molar-refractivity contribution is 0.615. The van der Waals surface area contributed by atoms with Crippen molar-refractivity contribution in [1.82, 2.24) is 5.32 Å². The van der Waals surface area contributed by atoms with Crippen LogP contribution in [0, 0.1) is 12.7 Å². The SMILES string of the molecule is CCCNCc1cc(F)cc(Sc2ccccc2C)c1. The molecular weight excluding hydrogens is 269 g/mol. The highest BCUT2D eigenvalue weighted by molar-refractivity contribution is 7.99. The molecule has 0 saturated carbocycles. The molecule has 0 aliphatic heterocycles. The summed E-state index contributed by atoms with van der Waals surface area (Å²) in [6.07, 6.45) is 1.08. The van der Waals surface area contributed by atoms with Gasteiger partial charge >= 0.3 is 0 Å². The van der Waals surface area contributed by atoms with Gasteiger partial charge in [-0.2, -0.15) is 0 Å². The third kappa shape index (κ3) is 4.36. The summed E-state index contributed by atoms with van der Waals surface area (Å²) < 4.78 is 13.7. The molecule has 2 aromatic carbocycles. The van der Waals surface area contributed by atoms with Gasteiger partial charge in [0.15, 0.2) is 0 Å². The second-order valence-corrected chi connectivity index (χ2v) is 5.95. The third-order valence-corrected chi connectivity index (χ3v) is 4.16. The first kappa shape index (κ1) is 15.1. The number of nitrogens with one attached hydrogen (secondary N) is 1. The molecule has 2 rings (SSSR count). The van der Waals surface area contributed by atoms with Gasteiger partial charge in [0.05, 0.1) is 0 Å². The summed E-state index contributed by atoms with van der Waals surface area (Å²) in [6, 6.07) is 13.4. The number of hydrogen-bond acceptors (Lipinski definition) is 2. The Morgan fingerprint density at radius 3 is 2.70 bits per heavy atom. The van der Waals surface area contributed by atoms with E-state index in [-0.39, 0.29) is 5.82 Å². The largest absolute Gasteiger partial charge is 0.313 e. The van der Waals surface area contributed by atoms with Gasteiger partial charge in [0.2, 0.25) is 0 Å². The van der Waals surface area contributed by atoms with Crippen LogP contribution in [-0.4, -0.2) is 6.54 Å². The average molecular weight is 289 g/mol. The van der Waals surface area contributed by atoms with E-state index < -0.39 is 0 Å². The second-order valence-electron chi connectivity index (χ2n) is 4.84. The zero-order chi connectivity index (χ0) is 14.4. The van der Waals surface area contributed by atoms with Crippen LogP contribution in [0.15, 0.2) is 52.3 Å². The van der Waals surface area contributed by atoms with E-state index in [2.05, 4.69) is 37.4 Å². The van der Waals surface area contributed by atoms with E-state index in [0.29, 0.717) is 6.54 Å². The van der Waals surface area contributed by atoms with Gasteiger partial charge in [0, 0.05) is 16.3 Å². The van der Waals surface area contributed by atoms with Gasteiger partial charge in [-0.25, -0.2) is 4.39 Å². The first-order valence-corrected chi connectivity index (χ1v) is 7.74. The molecule has 106 valence electrons. The molecule has 0 aliphatic carbocycles. The molecule has 1 N–H and O–H groups in total. The molecule has 0 amide bonds. The van der Waals surface area contributed by atoms with Crippen LogP contribution in [0.5, 0.6) is 0 Å². The van der Waals surface area contributed by atoms with Crippen molar-refractivity contribution < 1.29 is 4.39 Å². The molecule has 0 saturated heterocycles. The molecular formula is C17H20FNS. The molecule has 3 heteroatoms. The molecule has 1 nitrogen and oxygen atoms in total. The fourth-order valence-corrected chi connectivity index (χ4v) is 3.00. The summed E-state index contributed by atoms with van der Waals surface area (Å²) in [5, 5.41) is 3.31. The van der Waals surface area contributed by atoms with Crippen LogP contribution in [0.25, 0.3) is 0 Å². The molecule has 0 radical (unpaired) electrons. The van der Waals surface area contributed by atoms with Crippen LogP contribution >= 0.6 is 11.8 Å². The van der Waals surface area contributed by atoms with Crippen molar-refractivity contribution >= 4 is 11.8 Å². The smallest absolute Gasteiger partial charge is 0.124 e. The van der Waals surface area contributed by atoms with Crippen LogP contribution < -0.4 is 5.32 Å². The summed E-state index contributed by atoms with van der Waals surface area (Å²) in [6.45, 7) is 5.87. The van der Waals surface area contributed by atoms with Gasteiger partial charge in [-0.3, -0.25) is 0 Å². The maximum Gasteiger partial charge on any atom is 0.124 e. The Bertz CT molecular complexity index is 569. The number of halogens is 1. The van der Waals surface area contributed by atoms with E-state index in [0.717, 1.165) is 23.4 Å². The molecule has 0 spiro atoms. The summed E-state index contributed by atoms with van der Waals surface area (Å²) in [5.74, 6) is -0.170. The monoisotopic (exact) mass is 289 g/mol. The van der Waals surface area contributed by atoms with Crippen LogP contribution in [0.2, 0.25) is 0 Å². The number of rotatable bonds is 6. The van der Waals surface area contributed by atoms with Crippen molar-refractivity contribution in [3.8, 4) is 0 Å². The van der Waals surface area contributed by atoms with Crippen LogP contribution in [0.4, 0.5) is 4.39 Å². The van der Waals surface area contributed by atoms with Crippen LogP contribution in [0.1, 0.15) is 24.5 Å². The molecule has 0 heterocycles. The summed E-state index contributed by atoms with van der Waals surface area (Å²) in [7, 11) is 0. The van der Waals surface area contributed by atoms with E-state index >= 15 is 0 Å². The van der Waals surface area contributed by atoms with E-state index in [4.69, 9.17) is 0 Å². The quantitative estimate of drug-likeness (QED) is 0.768. The van der Waals surface area contributed by atoms with Crippen molar-refractivity contribution in [3.63, 3.8) is 0 Å². The second kappa shape index (κ2) is 7.46. The summed E-state index contributed by atoms with van der Waals surface area (Å²) in [4.78, 5) is 2.12. The van der Waals surface area contributed by atoms with Gasteiger partial charge in [-0.05, 0) is 55.3 Å². The van der Waals surface area contributed by atoms with Crippen LogP contribution in [0.3, 0.4) is 0 Å². The van der Waals surface area contributed by atoms with Crippen LogP contribution in [-0.2, 0) is 6.54 Å². The minimum atomic E-state index is -0.170. The van der Waals surface area contributed by atoms with Crippen molar-refractivity contribution in [2.75, 3.05) is 6.54 Å². The summed E-state index contributed by atoms with van der Waals surface area (Å²) in [5.41, 5.74) is 2.21. The maximum absolute atomic E-state index is 13.7. The predicted octanol–water partition coefficient (Wildman–Crippen LogP) is 4.78. The van der Waals surface area contributed by atoms with Crippen molar-refractivity contribution in [2.24, 2.45) is 0 Å². The molecule has 0 atom stereocenters. The molecule has 20 heavy (non-hydrogen) atoms. The average Bonchev–Trinajstić information content (AvgIpc) is 2.41. The normalized spacial score (nSPS) is 10.8. The molecule has 0 bridgehead atoms. The Kier molecular flexibility index (Phi) is 5.62. The number of aryl methyl sites for hydroxylation is 1. The predicted molar refractivity (Wildman–Crippen MR) is 83.7 cm³/mol. The molecule has 0 aliphatic rings. The highest BCUT2D eigenvalue weighted by Crippen LogP contribution is 2.31. The Morgan fingerprint density at radius 1 is 1.15 bits per heavy atom. The summed E-state index contributed by atoms with van der Waals surface area (Å²) >= 11 is 1.61. The molecule has 0 aromatic heterocycles. The lowest BCUT2D eigenvalue weighted by Crippen LogP contribution is -2.13. The number of hydrogen-bond donors (Lipinski definition) is 1. The topological polar surface area (TPSA) is 12.0 Å². The zero-order valence-corrected chi connectivity index (χ0v) is 12.8. The first-order valence-electron chi connectivity index (χ1n) is 6.92. The zero-order valence-electron chi connectivity index (χ0n) is 11.9. The standard InChI is InChI=1S/C17H20FNS/c1-3-8-19-12-14-9-15(18)11-16(10-14)20-17-7-5-4-6-13(17)2/h4-7,9-11,19H,3,8,12H2,1-2H3. The molecule has 2 aromatic rings. The minimum absolute atomic E-state index is 0.170. The Balaban J connectivity index is 2.13. The fraction of sp³-hybridized carbons (Fsp3) is 0.294. The van der Waals surface area contributed by atoms with E-state index in [1.54, 1.807) is 23.9 Å². The highest BCUT2D eigenvalue weighted by Gasteiger charge is 2.04. The third-order valence-electron chi connectivity index (χ3n) is 3.01. The first-order chi connectivity index (χ1) is 9.69. The number of benzene rings is 2. The molecule has 0 fully saturated rings. The fourth-order valence-electron chi connectivity index (χ4n) is 1.99. The van der Waals surface area contributed by atoms with Crippen molar-refractivity contribution in [1.29, 1.82) is 0 Å². The van der Waals surface area contributed by atoms with E-state index in [1.165, 1.54) is 10.5 Å². The Hall–Kier alpha value is -1.32. The van der Waals surface area contributed by atoms with Gasteiger partial charge in [0.1, 0.15) is 5.82 Å². The molecule has 0 unspecified atom stereocenters. The van der Waals surface area contributed by atoms with Gasteiger partial charge < -0.3 is 5.32 Å². The van der Waals surface area contributed by atoms with Gasteiger partial charge in [-0.15, -0.1) is 0 Å². The highest BCUT2D eigenvalue weighted by atomic mass is 32.2. The Morgan fingerprint density at radius 2 is 1.95 bits per heavy atom. The maximum atomic E-state index is 13.7. The van der Waals surface area contributed by atoms with Gasteiger partial charge in [0.25, 0.3) is 0 Å². The lowest BCUT2D eigenvalue weighted by atomic mass is 10.2. The lowest BCUT2D eigenvalue weighted by Gasteiger charge is -2.08. The van der Waals surface area contributed by atoms with Crippen molar-refractivity contribution in [3.05, 3.63) is 59.4 Å². The minimum Gasteiger partial charge on any atom is -0.313 e.